The zero-order chi connectivity index (χ0) is 11.2. The molecule has 0 amide bonds. The second-order valence-corrected chi connectivity index (χ2v) is 4.77. The number of aromatic amines is 1. The molecule has 1 fully saturated rings. The normalized spacial score (nSPS) is 17.1. The molecule has 1 aliphatic carbocycles. The fourth-order valence-electron chi connectivity index (χ4n) is 2.03. The van der Waals surface area contributed by atoms with E-state index in [1.165, 1.54) is 0 Å². The lowest BCUT2D eigenvalue weighted by molar-refractivity contribution is 0.556. The molecule has 4 nitrogen and oxygen atoms in total. The van der Waals surface area contributed by atoms with E-state index in [9.17, 15) is 4.79 Å². The summed E-state index contributed by atoms with van der Waals surface area (Å²) in [6, 6.07) is 5.91. The average Bonchev–Trinajstić information content (AvgIpc) is 2.98. The number of hydrogen-bond donors (Lipinski definition) is 1. The number of aromatic nitrogens is 2. The van der Waals surface area contributed by atoms with Crippen LogP contribution in [-0.4, -0.2) is 16.3 Å². The highest BCUT2D eigenvalue weighted by atomic mass is 79.9. The van der Waals surface area contributed by atoms with Gasteiger partial charge in [0.15, 0.2) is 0 Å². The second kappa shape index (κ2) is 3.27. The number of fused-ring (bicyclic) bond motifs is 1. The molecular formula is C11H8BrN3O. The molecule has 1 aliphatic rings. The lowest BCUT2D eigenvalue weighted by Gasteiger charge is -2.07. The van der Waals surface area contributed by atoms with Crippen LogP contribution in [0, 0.1) is 0 Å². The number of hydrogen-bond acceptors (Lipinski definition) is 3. The summed E-state index contributed by atoms with van der Waals surface area (Å²) in [5.74, 6) is 0. The van der Waals surface area contributed by atoms with Gasteiger partial charge in [-0.2, -0.15) is 10.1 Å². The van der Waals surface area contributed by atoms with Gasteiger partial charge in [0.05, 0.1) is 5.52 Å². The molecule has 1 heterocycles. The SMILES string of the molecule is O=C=NC1(c2cccc3c(Br)[nH]nc23)CC1. The van der Waals surface area contributed by atoms with Crippen molar-refractivity contribution < 1.29 is 4.79 Å². The van der Waals surface area contributed by atoms with Crippen LogP contribution in [0.5, 0.6) is 0 Å². The van der Waals surface area contributed by atoms with E-state index in [1.54, 1.807) is 6.08 Å². The summed E-state index contributed by atoms with van der Waals surface area (Å²) < 4.78 is 0.857. The number of nitrogens with zero attached hydrogens (tertiary/aromatic N) is 2. The average molecular weight is 278 g/mol. The van der Waals surface area contributed by atoms with Gasteiger partial charge in [0.2, 0.25) is 6.08 Å². The van der Waals surface area contributed by atoms with Crippen molar-refractivity contribution >= 4 is 32.9 Å². The van der Waals surface area contributed by atoms with Gasteiger partial charge in [-0.25, -0.2) is 4.79 Å². The molecule has 0 spiro atoms. The molecule has 2 aromatic rings. The Bertz CT molecular complexity index is 609. The number of halogens is 1. The predicted molar refractivity (Wildman–Crippen MR) is 62.8 cm³/mol. The number of isocyanates is 1. The molecule has 0 radical (unpaired) electrons. The fraction of sp³-hybridized carbons (Fsp3) is 0.273. The quantitative estimate of drug-likeness (QED) is 0.678. The summed E-state index contributed by atoms with van der Waals surface area (Å²) in [6.07, 6.45) is 3.46. The van der Waals surface area contributed by atoms with Gasteiger partial charge in [0.25, 0.3) is 0 Å². The highest BCUT2D eigenvalue weighted by Crippen LogP contribution is 2.51. The van der Waals surface area contributed by atoms with E-state index in [-0.39, 0.29) is 5.54 Å². The number of para-hydroxylation sites is 1. The van der Waals surface area contributed by atoms with Crippen molar-refractivity contribution in [2.24, 2.45) is 4.99 Å². The maximum absolute atomic E-state index is 10.4. The van der Waals surface area contributed by atoms with E-state index >= 15 is 0 Å². The summed E-state index contributed by atoms with van der Waals surface area (Å²) in [5.41, 5.74) is 1.52. The van der Waals surface area contributed by atoms with Gasteiger partial charge in [-0.1, -0.05) is 18.2 Å². The Hall–Kier alpha value is -1.45. The van der Waals surface area contributed by atoms with E-state index in [0.717, 1.165) is 33.9 Å². The first kappa shape index (κ1) is 9.75. The Labute approximate surface area is 99.9 Å². The van der Waals surface area contributed by atoms with Gasteiger partial charge in [0.1, 0.15) is 10.1 Å². The van der Waals surface area contributed by atoms with Crippen molar-refractivity contribution in [2.75, 3.05) is 0 Å². The molecule has 80 valence electrons. The highest BCUT2D eigenvalue weighted by Gasteiger charge is 2.46. The number of rotatable bonds is 2. The first-order chi connectivity index (χ1) is 7.77. The summed E-state index contributed by atoms with van der Waals surface area (Å²) in [7, 11) is 0. The van der Waals surface area contributed by atoms with Crippen molar-refractivity contribution in [3.8, 4) is 0 Å². The van der Waals surface area contributed by atoms with Crippen LogP contribution in [0.1, 0.15) is 18.4 Å². The first-order valence-electron chi connectivity index (χ1n) is 4.99. The highest BCUT2D eigenvalue weighted by molar-refractivity contribution is 9.10. The Balaban J connectivity index is 2.28. The third-order valence-electron chi connectivity index (χ3n) is 3.02. The van der Waals surface area contributed by atoms with Gasteiger partial charge in [-0.3, -0.25) is 5.10 Å². The second-order valence-electron chi connectivity index (χ2n) is 3.97. The van der Waals surface area contributed by atoms with Gasteiger partial charge < -0.3 is 0 Å². The number of benzene rings is 1. The molecule has 16 heavy (non-hydrogen) atoms. The number of carbonyl (C=O) groups excluding carboxylic acids is 1. The van der Waals surface area contributed by atoms with Crippen molar-refractivity contribution in [1.82, 2.24) is 10.2 Å². The van der Waals surface area contributed by atoms with Crippen LogP contribution in [-0.2, 0) is 10.3 Å². The van der Waals surface area contributed by atoms with E-state index in [2.05, 4.69) is 31.1 Å². The summed E-state index contributed by atoms with van der Waals surface area (Å²) in [6.45, 7) is 0. The molecule has 0 saturated heterocycles. The van der Waals surface area contributed by atoms with E-state index < -0.39 is 0 Å². The van der Waals surface area contributed by atoms with Crippen LogP contribution >= 0.6 is 15.9 Å². The standard InChI is InChI=1S/C11H8BrN3O/c12-10-7-2-1-3-8(9(7)14-15-10)11(4-5-11)13-6-16/h1-3H,4-5H2,(H,14,15). The third-order valence-corrected chi connectivity index (χ3v) is 3.63. The minimum atomic E-state index is -0.365. The van der Waals surface area contributed by atoms with Crippen molar-refractivity contribution in [3.63, 3.8) is 0 Å². The molecule has 1 N–H and O–H groups in total. The van der Waals surface area contributed by atoms with Gasteiger partial charge in [-0.05, 0) is 28.8 Å². The lowest BCUT2D eigenvalue weighted by Crippen LogP contribution is -2.02. The number of aliphatic imine (C=N–C) groups is 1. The smallest absolute Gasteiger partial charge is 0.235 e. The molecule has 0 atom stereocenters. The third kappa shape index (κ3) is 1.25. The van der Waals surface area contributed by atoms with Crippen LogP contribution in [0.15, 0.2) is 27.8 Å². The largest absolute Gasteiger partial charge is 0.270 e. The number of nitrogens with one attached hydrogen (secondary N) is 1. The maximum Gasteiger partial charge on any atom is 0.235 e. The fourth-order valence-corrected chi connectivity index (χ4v) is 2.44. The Morgan fingerprint density at radius 1 is 1.50 bits per heavy atom. The van der Waals surface area contributed by atoms with E-state index in [1.807, 2.05) is 18.2 Å². The van der Waals surface area contributed by atoms with Crippen molar-refractivity contribution in [2.45, 2.75) is 18.4 Å². The summed E-state index contributed by atoms with van der Waals surface area (Å²) in [4.78, 5) is 14.4. The Morgan fingerprint density at radius 2 is 2.31 bits per heavy atom. The predicted octanol–water partition coefficient (Wildman–Crippen LogP) is 2.65. The first-order valence-corrected chi connectivity index (χ1v) is 5.78. The van der Waals surface area contributed by atoms with Crippen LogP contribution in [0.3, 0.4) is 0 Å². The summed E-state index contributed by atoms with van der Waals surface area (Å²) in [5, 5.41) is 8.15. The van der Waals surface area contributed by atoms with E-state index in [4.69, 9.17) is 0 Å². The zero-order valence-electron chi connectivity index (χ0n) is 8.33. The molecule has 1 aromatic heterocycles. The van der Waals surface area contributed by atoms with Gasteiger partial charge in [0, 0.05) is 10.9 Å². The van der Waals surface area contributed by atoms with Crippen LogP contribution < -0.4 is 0 Å². The number of H-pyrrole nitrogens is 1. The summed E-state index contributed by atoms with van der Waals surface area (Å²) >= 11 is 3.40. The maximum atomic E-state index is 10.4. The Kier molecular flexibility index (Phi) is 1.99. The van der Waals surface area contributed by atoms with Crippen molar-refractivity contribution in [1.29, 1.82) is 0 Å². The molecule has 0 bridgehead atoms. The molecule has 1 saturated carbocycles. The molecule has 5 heteroatoms. The zero-order valence-corrected chi connectivity index (χ0v) is 9.91. The van der Waals surface area contributed by atoms with Gasteiger partial charge in [-0.15, -0.1) is 0 Å². The minimum Gasteiger partial charge on any atom is -0.270 e. The molecule has 1 aromatic carbocycles. The molecule has 3 rings (SSSR count). The monoisotopic (exact) mass is 277 g/mol. The van der Waals surface area contributed by atoms with Gasteiger partial charge >= 0.3 is 0 Å². The Morgan fingerprint density at radius 3 is 3.00 bits per heavy atom. The van der Waals surface area contributed by atoms with Crippen molar-refractivity contribution in [3.05, 3.63) is 28.4 Å². The minimum absolute atomic E-state index is 0.365. The van der Waals surface area contributed by atoms with E-state index in [0.29, 0.717) is 0 Å². The molecular weight excluding hydrogens is 270 g/mol. The van der Waals surface area contributed by atoms with Crippen LogP contribution in [0.2, 0.25) is 0 Å². The molecule has 0 unspecified atom stereocenters. The topological polar surface area (TPSA) is 58.1 Å². The van der Waals surface area contributed by atoms with Crippen LogP contribution in [0.25, 0.3) is 10.9 Å². The lowest BCUT2D eigenvalue weighted by atomic mass is 10.0. The van der Waals surface area contributed by atoms with Crippen LogP contribution in [0.4, 0.5) is 0 Å². The molecule has 0 aliphatic heterocycles.